The van der Waals surface area contributed by atoms with E-state index in [9.17, 15) is 0 Å². The lowest BCUT2D eigenvalue weighted by Crippen LogP contribution is -2.30. The zero-order valence-electron chi connectivity index (χ0n) is 8.44. The third-order valence-corrected chi connectivity index (χ3v) is 3.13. The zero-order chi connectivity index (χ0) is 9.80. The van der Waals surface area contributed by atoms with Crippen molar-refractivity contribution >= 4 is 17.6 Å². The summed E-state index contributed by atoms with van der Waals surface area (Å²) in [4.78, 5) is 11.1. The van der Waals surface area contributed by atoms with Crippen molar-refractivity contribution in [1.82, 2.24) is 9.97 Å². The molecule has 0 spiro atoms. The Morgan fingerprint density at radius 3 is 2.50 bits per heavy atom. The topological polar surface area (TPSA) is 29.0 Å². The van der Waals surface area contributed by atoms with E-state index in [2.05, 4.69) is 14.9 Å². The predicted octanol–water partition coefficient (Wildman–Crippen LogP) is 2.19. The molecule has 4 heteroatoms. The van der Waals surface area contributed by atoms with Gasteiger partial charge in [-0.2, -0.15) is 0 Å². The molecule has 0 radical (unpaired) electrons. The van der Waals surface area contributed by atoms with Crippen molar-refractivity contribution in [1.29, 1.82) is 0 Å². The first-order valence-corrected chi connectivity index (χ1v) is 6.23. The molecule has 3 nitrogen and oxygen atoms in total. The maximum absolute atomic E-state index is 4.42. The summed E-state index contributed by atoms with van der Waals surface area (Å²) in [5.41, 5.74) is 0. The Kier molecular flexibility index (Phi) is 3.24. The molecule has 1 fully saturated rings. The van der Waals surface area contributed by atoms with Crippen LogP contribution >= 0.6 is 11.8 Å². The second-order valence-electron chi connectivity index (χ2n) is 3.46. The van der Waals surface area contributed by atoms with Crippen LogP contribution in [0.5, 0.6) is 0 Å². The molecule has 1 aliphatic rings. The first-order valence-electron chi connectivity index (χ1n) is 5.01. The third-order valence-electron chi connectivity index (χ3n) is 2.50. The number of thioether (sulfide) groups is 1. The quantitative estimate of drug-likeness (QED) is 0.698. The van der Waals surface area contributed by atoms with Gasteiger partial charge in [0.15, 0.2) is 0 Å². The highest BCUT2D eigenvalue weighted by Gasteiger charge is 2.11. The van der Waals surface area contributed by atoms with Crippen LogP contribution in [-0.2, 0) is 0 Å². The number of rotatable bonds is 2. The molecule has 2 rings (SSSR count). The van der Waals surface area contributed by atoms with E-state index in [0.29, 0.717) is 0 Å². The van der Waals surface area contributed by atoms with E-state index in [1.807, 2.05) is 18.6 Å². The van der Waals surface area contributed by atoms with E-state index in [1.54, 1.807) is 11.8 Å². The number of anilines is 1. The molecular formula is C10H15N3S. The van der Waals surface area contributed by atoms with Crippen LogP contribution in [0, 0.1) is 0 Å². The molecule has 0 aromatic carbocycles. The lowest BCUT2D eigenvalue weighted by atomic mass is 10.1. The molecule has 0 saturated carbocycles. The Bertz CT molecular complexity index is 280. The molecule has 0 aliphatic carbocycles. The average Bonchev–Trinajstić information content (AvgIpc) is 2.30. The predicted molar refractivity (Wildman–Crippen MR) is 59.9 cm³/mol. The lowest BCUT2D eigenvalue weighted by Gasteiger charge is -2.27. The molecule has 0 atom stereocenters. The van der Waals surface area contributed by atoms with Gasteiger partial charge in [0.1, 0.15) is 10.8 Å². The highest BCUT2D eigenvalue weighted by Crippen LogP contribution is 2.18. The van der Waals surface area contributed by atoms with E-state index < -0.39 is 0 Å². The van der Waals surface area contributed by atoms with Gasteiger partial charge in [-0.15, -0.1) is 11.8 Å². The average molecular weight is 209 g/mol. The summed E-state index contributed by atoms with van der Waals surface area (Å²) >= 11 is 1.63. The molecule has 0 unspecified atom stereocenters. The fourth-order valence-electron chi connectivity index (χ4n) is 1.70. The van der Waals surface area contributed by atoms with E-state index in [0.717, 1.165) is 23.9 Å². The van der Waals surface area contributed by atoms with Crippen LogP contribution in [0.3, 0.4) is 0 Å². The zero-order valence-corrected chi connectivity index (χ0v) is 9.26. The van der Waals surface area contributed by atoms with Crippen molar-refractivity contribution in [2.75, 3.05) is 24.2 Å². The van der Waals surface area contributed by atoms with E-state index >= 15 is 0 Å². The van der Waals surface area contributed by atoms with Gasteiger partial charge in [0.25, 0.3) is 0 Å². The van der Waals surface area contributed by atoms with Crippen molar-refractivity contribution in [2.45, 2.75) is 24.3 Å². The second-order valence-corrected chi connectivity index (χ2v) is 4.29. The number of nitrogens with zero attached hydrogens (tertiary/aromatic N) is 3. The standard InChI is InChI=1S/C10H15N3S/c1-14-10-8-11-9(7-12-10)13-5-3-2-4-6-13/h7-8H,2-6H2,1H3. The number of aromatic nitrogens is 2. The molecule has 2 heterocycles. The van der Waals surface area contributed by atoms with Crippen molar-refractivity contribution in [3.63, 3.8) is 0 Å². The van der Waals surface area contributed by atoms with Crippen LogP contribution in [0.15, 0.2) is 17.4 Å². The van der Waals surface area contributed by atoms with E-state index in [-0.39, 0.29) is 0 Å². The van der Waals surface area contributed by atoms with Gasteiger partial charge in [-0.25, -0.2) is 9.97 Å². The van der Waals surface area contributed by atoms with E-state index in [1.165, 1.54) is 19.3 Å². The molecule has 1 aromatic rings. The molecule has 1 saturated heterocycles. The summed E-state index contributed by atoms with van der Waals surface area (Å²) in [6.07, 6.45) is 9.68. The highest BCUT2D eigenvalue weighted by atomic mass is 32.2. The van der Waals surface area contributed by atoms with E-state index in [4.69, 9.17) is 0 Å². The number of hydrogen-bond donors (Lipinski definition) is 0. The van der Waals surface area contributed by atoms with Gasteiger partial charge < -0.3 is 4.90 Å². The van der Waals surface area contributed by atoms with Crippen LogP contribution in [0.4, 0.5) is 5.82 Å². The van der Waals surface area contributed by atoms with Gasteiger partial charge in [-0.05, 0) is 25.5 Å². The molecule has 14 heavy (non-hydrogen) atoms. The normalized spacial score (nSPS) is 17.1. The molecule has 0 N–H and O–H groups in total. The SMILES string of the molecule is CSc1cnc(N2CCCCC2)cn1. The molecule has 76 valence electrons. The van der Waals surface area contributed by atoms with Crippen molar-refractivity contribution in [3.05, 3.63) is 12.4 Å². The van der Waals surface area contributed by atoms with Gasteiger partial charge in [-0.1, -0.05) is 0 Å². The minimum atomic E-state index is 0.991. The molecule has 1 aliphatic heterocycles. The summed E-state index contributed by atoms with van der Waals surface area (Å²) < 4.78 is 0. The Morgan fingerprint density at radius 1 is 1.14 bits per heavy atom. The minimum absolute atomic E-state index is 0.991. The van der Waals surface area contributed by atoms with Gasteiger partial charge in [0.05, 0.1) is 12.4 Å². The number of hydrogen-bond acceptors (Lipinski definition) is 4. The monoisotopic (exact) mass is 209 g/mol. The first-order chi connectivity index (χ1) is 6.90. The fraction of sp³-hybridized carbons (Fsp3) is 0.600. The fourth-order valence-corrected chi connectivity index (χ4v) is 2.02. The maximum Gasteiger partial charge on any atom is 0.147 e. The smallest absolute Gasteiger partial charge is 0.147 e. The van der Waals surface area contributed by atoms with Crippen LogP contribution < -0.4 is 4.90 Å². The molecular weight excluding hydrogens is 194 g/mol. The first kappa shape index (κ1) is 9.77. The minimum Gasteiger partial charge on any atom is -0.355 e. The Morgan fingerprint density at radius 2 is 1.93 bits per heavy atom. The third kappa shape index (κ3) is 2.18. The number of piperidine rings is 1. The Hall–Kier alpha value is -0.770. The van der Waals surface area contributed by atoms with Crippen molar-refractivity contribution in [3.8, 4) is 0 Å². The summed E-state index contributed by atoms with van der Waals surface area (Å²) in [5.74, 6) is 1.03. The van der Waals surface area contributed by atoms with Gasteiger partial charge in [0.2, 0.25) is 0 Å². The van der Waals surface area contributed by atoms with Crippen LogP contribution in [0.25, 0.3) is 0 Å². The largest absolute Gasteiger partial charge is 0.355 e. The molecule has 0 bridgehead atoms. The summed E-state index contributed by atoms with van der Waals surface area (Å²) in [6, 6.07) is 0. The Labute approximate surface area is 88.9 Å². The highest BCUT2D eigenvalue weighted by molar-refractivity contribution is 7.98. The van der Waals surface area contributed by atoms with Crippen molar-refractivity contribution < 1.29 is 0 Å². The Balaban J connectivity index is 2.07. The lowest BCUT2D eigenvalue weighted by molar-refractivity contribution is 0.572. The van der Waals surface area contributed by atoms with Crippen LogP contribution in [0.1, 0.15) is 19.3 Å². The molecule has 0 amide bonds. The maximum atomic E-state index is 4.42. The van der Waals surface area contributed by atoms with Crippen molar-refractivity contribution in [2.24, 2.45) is 0 Å². The van der Waals surface area contributed by atoms with Crippen LogP contribution in [0.2, 0.25) is 0 Å². The van der Waals surface area contributed by atoms with Crippen LogP contribution in [-0.4, -0.2) is 29.3 Å². The summed E-state index contributed by atoms with van der Waals surface area (Å²) in [7, 11) is 0. The molecule has 1 aromatic heterocycles. The van der Waals surface area contributed by atoms with Gasteiger partial charge >= 0.3 is 0 Å². The van der Waals surface area contributed by atoms with Gasteiger partial charge in [-0.3, -0.25) is 0 Å². The second kappa shape index (κ2) is 4.64. The van der Waals surface area contributed by atoms with Gasteiger partial charge in [0, 0.05) is 13.1 Å². The summed E-state index contributed by atoms with van der Waals surface area (Å²) in [6.45, 7) is 2.26. The summed E-state index contributed by atoms with van der Waals surface area (Å²) in [5, 5.41) is 0.991.